The second-order valence-corrected chi connectivity index (χ2v) is 7.41. The van der Waals surface area contributed by atoms with Gasteiger partial charge in [0.1, 0.15) is 11.9 Å². The highest BCUT2D eigenvalue weighted by Gasteiger charge is 2.30. The minimum atomic E-state index is -0.464. The number of amides is 1. The molecule has 1 fully saturated rings. The number of hydrogen-bond donors (Lipinski definition) is 0. The topological polar surface area (TPSA) is 42.0 Å². The molecule has 0 spiro atoms. The summed E-state index contributed by atoms with van der Waals surface area (Å²) in [7, 11) is 1.64. The van der Waals surface area contributed by atoms with Gasteiger partial charge in [0.15, 0.2) is 0 Å². The summed E-state index contributed by atoms with van der Waals surface area (Å²) in [6.45, 7) is 7.77. The summed E-state index contributed by atoms with van der Waals surface area (Å²) in [6, 6.07) is 18.4. The van der Waals surface area contributed by atoms with E-state index >= 15 is 0 Å². The Labute approximate surface area is 167 Å². The highest BCUT2D eigenvalue weighted by molar-refractivity contribution is 5.81. The molecule has 0 radical (unpaired) electrons. The van der Waals surface area contributed by atoms with Crippen LogP contribution in [-0.2, 0) is 22.7 Å². The summed E-state index contributed by atoms with van der Waals surface area (Å²) < 4.78 is 11.1. The van der Waals surface area contributed by atoms with Crippen LogP contribution < -0.4 is 4.74 Å². The molecule has 2 aromatic carbocycles. The molecule has 150 valence electrons. The van der Waals surface area contributed by atoms with Crippen LogP contribution in [0, 0.1) is 0 Å². The molecule has 0 saturated carbocycles. The van der Waals surface area contributed by atoms with Gasteiger partial charge in [0.05, 0.1) is 13.7 Å². The fraction of sp³-hybridized carbons (Fsp3) is 0.435. The number of nitrogens with zero attached hydrogens (tertiary/aromatic N) is 2. The van der Waals surface area contributed by atoms with E-state index in [2.05, 4.69) is 36.1 Å². The van der Waals surface area contributed by atoms with Crippen molar-refractivity contribution < 1.29 is 14.3 Å². The maximum absolute atomic E-state index is 12.9. The van der Waals surface area contributed by atoms with Crippen LogP contribution in [0.15, 0.2) is 54.6 Å². The van der Waals surface area contributed by atoms with E-state index < -0.39 is 6.10 Å². The molecule has 1 aliphatic rings. The lowest BCUT2D eigenvalue weighted by molar-refractivity contribution is -0.148. The first-order chi connectivity index (χ1) is 13.6. The SMILES string of the molecule is COc1cccc(COC(C)C(=O)N2CCN(Cc3ccccc3)CC2C)c1. The van der Waals surface area contributed by atoms with Gasteiger partial charge in [-0.15, -0.1) is 0 Å². The molecule has 5 heteroatoms. The average Bonchev–Trinajstić information content (AvgIpc) is 2.72. The van der Waals surface area contributed by atoms with E-state index in [0.717, 1.165) is 37.5 Å². The van der Waals surface area contributed by atoms with Gasteiger partial charge in [-0.3, -0.25) is 9.69 Å². The van der Waals surface area contributed by atoms with Gasteiger partial charge < -0.3 is 14.4 Å². The van der Waals surface area contributed by atoms with Crippen molar-refractivity contribution in [2.75, 3.05) is 26.7 Å². The molecule has 2 atom stereocenters. The second kappa shape index (κ2) is 9.71. The molecular formula is C23H30N2O3. The lowest BCUT2D eigenvalue weighted by Gasteiger charge is -2.40. The maximum Gasteiger partial charge on any atom is 0.251 e. The van der Waals surface area contributed by atoms with E-state index in [1.165, 1.54) is 5.56 Å². The van der Waals surface area contributed by atoms with Gasteiger partial charge in [-0.2, -0.15) is 0 Å². The Balaban J connectivity index is 1.49. The molecule has 5 nitrogen and oxygen atoms in total. The number of benzene rings is 2. The molecule has 0 aromatic heterocycles. The Morgan fingerprint density at radius 2 is 1.86 bits per heavy atom. The van der Waals surface area contributed by atoms with Crippen molar-refractivity contribution in [3.05, 3.63) is 65.7 Å². The molecule has 1 amide bonds. The number of piperazine rings is 1. The summed E-state index contributed by atoms with van der Waals surface area (Å²) in [5.74, 6) is 0.859. The minimum Gasteiger partial charge on any atom is -0.497 e. The predicted octanol–water partition coefficient (Wildman–Crippen LogP) is 3.33. The van der Waals surface area contributed by atoms with Gasteiger partial charge in [-0.05, 0) is 37.1 Å². The Morgan fingerprint density at radius 3 is 2.57 bits per heavy atom. The van der Waals surface area contributed by atoms with Crippen LogP contribution in [0.3, 0.4) is 0 Å². The van der Waals surface area contributed by atoms with Crippen molar-refractivity contribution in [3.63, 3.8) is 0 Å². The summed E-state index contributed by atoms with van der Waals surface area (Å²) in [5, 5.41) is 0. The van der Waals surface area contributed by atoms with Crippen LogP contribution in [0.1, 0.15) is 25.0 Å². The number of carbonyl (C=O) groups is 1. The zero-order valence-corrected chi connectivity index (χ0v) is 17.0. The zero-order valence-electron chi connectivity index (χ0n) is 17.0. The monoisotopic (exact) mass is 382 g/mol. The van der Waals surface area contributed by atoms with E-state index in [1.54, 1.807) is 7.11 Å². The highest BCUT2D eigenvalue weighted by Crippen LogP contribution is 2.17. The van der Waals surface area contributed by atoms with Crippen molar-refractivity contribution >= 4 is 5.91 Å². The molecule has 2 unspecified atom stereocenters. The molecule has 3 rings (SSSR count). The van der Waals surface area contributed by atoms with Crippen molar-refractivity contribution in [1.29, 1.82) is 0 Å². The van der Waals surface area contributed by atoms with E-state index in [1.807, 2.05) is 42.2 Å². The molecule has 1 saturated heterocycles. The first kappa shape index (κ1) is 20.4. The van der Waals surface area contributed by atoms with Crippen LogP contribution >= 0.6 is 0 Å². The third-order valence-electron chi connectivity index (χ3n) is 5.23. The highest BCUT2D eigenvalue weighted by atomic mass is 16.5. The smallest absolute Gasteiger partial charge is 0.251 e. The molecule has 2 aromatic rings. The van der Waals surface area contributed by atoms with Gasteiger partial charge in [0.2, 0.25) is 0 Å². The van der Waals surface area contributed by atoms with Crippen LogP contribution in [-0.4, -0.2) is 54.6 Å². The number of methoxy groups -OCH3 is 1. The van der Waals surface area contributed by atoms with Gasteiger partial charge in [-0.1, -0.05) is 42.5 Å². The molecule has 1 heterocycles. The molecule has 28 heavy (non-hydrogen) atoms. The van der Waals surface area contributed by atoms with Gasteiger partial charge >= 0.3 is 0 Å². The number of ether oxygens (including phenoxy) is 2. The predicted molar refractivity (Wildman–Crippen MR) is 110 cm³/mol. The van der Waals surface area contributed by atoms with Crippen molar-refractivity contribution in [3.8, 4) is 5.75 Å². The molecule has 0 aliphatic carbocycles. The van der Waals surface area contributed by atoms with Gasteiger partial charge in [0, 0.05) is 32.2 Å². The van der Waals surface area contributed by atoms with E-state index in [-0.39, 0.29) is 11.9 Å². The standard InChI is InChI=1S/C23H30N2O3/c1-18-15-24(16-20-8-5-4-6-9-20)12-13-25(18)23(26)19(2)28-17-21-10-7-11-22(14-21)27-3/h4-11,14,18-19H,12-13,15-17H2,1-3H3. The number of rotatable bonds is 7. The van der Waals surface area contributed by atoms with Crippen molar-refractivity contribution in [2.24, 2.45) is 0 Å². The quantitative estimate of drug-likeness (QED) is 0.737. The summed E-state index contributed by atoms with van der Waals surface area (Å²) in [6.07, 6.45) is -0.464. The zero-order chi connectivity index (χ0) is 19.9. The van der Waals surface area contributed by atoms with E-state index in [4.69, 9.17) is 9.47 Å². The summed E-state index contributed by atoms with van der Waals surface area (Å²) in [4.78, 5) is 17.2. The maximum atomic E-state index is 12.9. The minimum absolute atomic E-state index is 0.0646. The first-order valence-corrected chi connectivity index (χ1v) is 9.88. The first-order valence-electron chi connectivity index (χ1n) is 9.88. The molecule has 0 N–H and O–H groups in total. The van der Waals surface area contributed by atoms with Crippen molar-refractivity contribution in [1.82, 2.24) is 9.80 Å². The third kappa shape index (κ3) is 5.33. The summed E-state index contributed by atoms with van der Waals surface area (Å²) in [5.41, 5.74) is 2.31. The number of carbonyl (C=O) groups excluding carboxylic acids is 1. The largest absolute Gasteiger partial charge is 0.497 e. The fourth-order valence-electron chi connectivity index (χ4n) is 3.63. The lowest BCUT2D eigenvalue weighted by Crippen LogP contribution is -2.55. The van der Waals surface area contributed by atoms with Crippen molar-refractivity contribution in [2.45, 2.75) is 39.1 Å². The average molecular weight is 383 g/mol. The normalized spacial score (nSPS) is 18.7. The molecule has 0 bridgehead atoms. The van der Waals surface area contributed by atoms with Crippen LogP contribution in [0.2, 0.25) is 0 Å². The Kier molecular flexibility index (Phi) is 7.06. The van der Waals surface area contributed by atoms with E-state index in [9.17, 15) is 4.79 Å². The van der Waals surface area contributed by atoms with Crippen LogP contribution in [0.5, 0.6) is 5.75 Å². The molecular weight excluding hydrogens is 352 g/mol. The Hall–Kier alpha value is -2.37. The Bertz CT molecular complexity index is 765. The molecule has 1 aliphatic heterocycles. The van der Waals surface area contributed by atoms with Gasteiger partial charge in [-0.25, -0.2) is 0 Å². The van der Waals surface area contributed by atoms with E-state index in [0.29, 0.717) is 6.61 Å². The number of hydrogen-bond acceptors (Lipinski definition) is 4. The second-order valence-electron chi connectivity index (χ2n) is 7.41. The van der Waals surface area contributed by atoms with Gasteiger partial charge in [0.25, 0.3) is 5.91 Å². The third-order valence-corrected chi connectivity index (χ3v) is 5.23. The van der Waals surface area contributed by atoms with Crippen LogP contribution in [0.4, 0.5) is 0 Å². The lowest BCUT2D eigenvalue weighted by atomic mass is 10.1. The van der Waals surface area contributed by atoms with Crippen LogP contribution in [0.25, 0.3) is 0 Å². The Morgan fingerprint density at radius 1 is 1.11 bits per heavy atom. The summed E-state index contributed by atoms with van der Waals surface area (Å²) >= 11 is 0. The fourth-order valence-corrected chi connectivity index (χ4v) is 3.63.